The summed E-state index contributed by atoms with van der Waals surface area (Å²) in [5, 5.41) is 0.947. The molecule has 0 aliphatic carbocycles. The number of benzene rings is 1. The number of thioether (sulfide) groups is 1. The number of hydrogen-bond donors (Lipinski definition) is 0. The molecule has 1 aromatic rings. The van der Waals surface area contributed by atoms with Crippen molar-refractivity contribution < 1.29 is 0 Å². The van der Waals surface area contributed by atoms with Crippen LogP contribution >= 0.6 is 27.7 Å². The molecule has 2 heteroatoms. The molecule has 1 aromatic carbocycles. The predicted molar refractivity (Wildman–Crippen MR) is 55.6 cm³/mol. The van der Waals surface area contributed by atoms with Gasteiger partial charge < -0.3 is 0 Å². The quantitative estimate of drug-likeness (QED) is 0.553. The molecule has 0 N–H and O–H groups in total. The molecule has 0 atom stereocenters. The van der Waals surface area contributed by atoms with Gasteiger partial charge in [0.25, 0.3) is 0 Å². The summed E-state index contributed by atoms with van der Waals surface area (Å²) in [5.74, 6) is 0. The fourth-order valence-electron chi connectivity index (χ4n) is 1.02. The molecule has 0 nitrogen and oxygen atoms in total. The number of aryl methyl sites for hydroxylation is 1. The second-order valence-electron chi connectivity index (χ2n) is 2.49. The Bertz CT molecular complexity index is 223. The minimum absolute atomic E-state index is 0.947. The third-order valence-electron chi connectivity index (χ3n) is 1.50. The van der Waals surface area contributed by atoms with Crippen LogP contribution < -0.4 is 0 Å². The van der Waals surface area contributed by atoms with Gasteiger partial charge in [-0.25, -0.2) is 0 Å². The van der Waals surface area contributed by atoms with Crippen LogP contribution in [0.5, 0.6) is 0 Å². The molecular weight excluding hydrogens is 220 g/mol. The van der Waals surface area contributed by atoms with E-state index in [9.17, 15) is 0 Å². The monoisotopic (exact) mass is 230 g/mol. The second-order valence-corrected chi connectivity index (χ2v) is 3.93. The van der Waals surface area contributed by atoms with Crippen LogP contribution in [0.25, 0.3) is 0 Å². The molecule has 0 heterocycles. The molecule has 0 unspecified atom stereocenters. The zero-order chi connectivity index (χ0) is 8.27. The molecule has 0 amide bonds. The Balaban J connectivity index is 3.02. The average molecular weight is 231 g/mol. The molecule has 0 aromatic heterocycles. The van der Waals surface area contributed by atoms with Gasteiger partial charge in [-0.05, 0) is 36.4 Å². The highest BCUT2D eigenvalue weighted by molar-refractivity contribution is 9.08. The molecule has 0 radical (unpaired) electrons. The van der Waals surface area contributed by atoms with Crippen molar-refractivity contribution in [2.24, 2.45) is 0 Å². The van der Waals surface area contributed by atoms with E-state index in [1.54, 1.807) is 11.8 Å². The average Bonchev–Trinajstić information content (AvgIpc) is 2.03. The summed E-state index contributed by atoms with van der Waals surface area (Å²) < 4.78 is 0. The highest BCUT2D eigenvalue weighted by Crippen LogP contribution is 2.19. The van der Waals surface area contributed by atoms with Gasteiger partial charge in [-0.3, -0.25) is 0 Å². The van der Waals surface area contributed by atoms with Gasteiger partial charge >= 0.3 is 0 Å². The summed E-state index contributed by atoms with van der Waals surface area (Å²) in [6, 6.07) is 6.62. The molecule has 0 aliphatic rings. The molecule has 0 spiro atoms. The highest BCUT2D eigenvalue weighted by Gasteiger charge is 1.95. The van der Waals surface area contributed by atoms with Crippen molar-refractivity contribution in [3.8, 4) is 0 Å². The fourth-order valence-corrected chi connectivity index (χ4v) is 1.92. The fraction of sp³-hybridized carbons (Fsp3) is 0.333. The first kappa shape index (κ1) is 9.14. The van der Waals surface area contributed by atoms with Crippen LogP contribution in [-0.4, -0.2) is 6.26 Å². The van der Waals surface area contributed by atoms with E-state index in [2.05, 4.69) is 47.3 Å². The van der Waals surface area contributed by atoms with E-state index in [1.165, 1.54) is 16.0 Å². The first-order valence-electron chi connectivity index (χ1n) is 3.47. The third-order valence-corrected chi connectivity index (χ3v) is 2.86. The van der Waals surface area contributed by atoms with E-state index in [-0.39, 0.29) is 0 Å². The van der Waals surface area contributed by atoms with Crippen LogP contribution in [0.2, 0.25) is 0 Å². The Labute approximate surface area is 80.5 Å². The Morgan fingerprint density at radius 1 is 1.36 bits per heavy atom. The van der Waals surface area contributed by atoms with Crippen molar-refractivity contribution >= 4 is 27.7 Å². The lowest BCUT2D eigenvalue weighted by atomic mass is 10.2. The number of rotatable bonds is 2. The van der Waals surface area contributed by atoms with Gasteiger partial charge in [0.1, 0.15) is 0 Å². The van der Waals surface area contributed by atoms with Crippen molar-refractivity contribution in [2.75, 3.05) is 6.26 Å². The molecule has 11 heavy (non-hydrogen) atoms. The number of halogens is 1. The van der Waals surface area contributed by atoms with Gasteiger partial charge in [-0.1, -0.05) is 22.0 Å². The highest BCUT2D eigenvalue weighted by atomic mass is 79.9. The van der Waals surface area contributed by atoms with Gasteiger partial charge in [-0.15, -0.1) is 11.8 Å². The standard InChI is InChI=1S/C9H11BrS/c1-7-3-8(6-10)5-9(4-7)11-2/h3-5H,6H2,1-2H3. The lowest BCUT2D eigenvalue weighted by Gasteiger charge is -2.01. The maximum Gasteiger partial charge on any atom is 0.0283 e. The van der Waals surface area contributed by atoms with Gasteiger partial charge in [0, 0.05) is 10.2 Å². The zero-order valence-electron chi connectivity index (χ0n) is 6.73. The maximum absolute atomic E-state index is 3.45. The SMILES string of the molecule is CSc1cc(C)cc(CBr)c1. The number of hydrogen-bond acceptors (Lipinski definition) is 1. The van der Waals surface area contributed by atoms with E-state index in [0.717, 1.165) is 5.33 Å². The third kappa shape index (κ3) is 2.53. The van der Waals surface area contributed by atoms with E-state index < -0.39 is 0 Å². The van der Waals surface area contributed by atoms with Crippen molar-refractivity contribution in [1.29, 1.82) is 0 Å². The molecular formula is C9H11BrS. The summed E-state index contributed by atoms with van der Waals surface area (Å²) in [5.41, 5.74) is 2.70. The first-order chi connectivity index (χ1) is 5.26. The molecule has 0 fully saturated rings. The van der Waals surface area contributed by atoms with Gasteiger partial charge in [0.15, 0.2) is 0 Å². The van der Waals surface area contributed by atoms with Gasteiger partial charge in [0.2, 0.25) is 0 Å². The summed E-state index contributed by atoms with van der Waals surface area (Å²) in [6.07, 6.45) is 2.10. The Hall–Kier alpha value is 0.0500. The first-order valence-corrected chi connectivity index (χ1v) is 5.81. The van der Waals surface area contributed by atoms with Crippen LogP contribution in [0.1, 0.15) is 11.1 Å². The van der Waals surface area contributed by atoms with Crippen molar-refractivity contribution in [1.82, 2.24) is 0 Å². The van der Waals surface area contributed by atoms with Crippen LogP contribution in [0.3, 0.4) is 0 Å². The molecule has 0 bridgehead atoms. The Morgan fingerprint density at radius 2 is 2.09 bits per heavy atom. The molecule has 60 valence electrons. The zero-order valence-corrected chi connectivity index (χ0v) is 9.13. The summed E-state index contributed by atoms with van der Waals surface area (Å²) in [6.45, 7) is 2.13. The molecule has 0 saturated heterocycles. The van der Waals surface area contributed by atoms with E-state index in [1.807, 2.05) is 0 Å². The molecule has 0 aliphatic heterocycles. The Kier molecular flexibility index (Phi) is 3.46. The lowest BCUT2D eigenvalue weighted by molar-refractivity contribution is 1.28. The van der Waals surface area contributed by atoms with Gasteiger partial charge in [-0.2, -0.15) is 0 Å². The predicted octanol–water partition coefficient (Wildman–Crippen LogP) is 3.61. The molecule has 0 saturated carbocycles. The lowest BCUT2D eigenvalue weighted by Crippen LogP contribution is -1.81. The van der Waals surface area contributed by atoms with Gasteiger partial charge in [0.05, 0.1) is 0 Å². The largest absolute Gasteiger partial charge is 0.130 e. The maximum atomic E-state index is 3.45. The van der Waals surface area contributed by atoms with E-state index >= 15 is 0 Å². The summed E-state index contributed by atoms with van der Waals surface area (Å²) >= 11 is 5.24. The second kappa shape index (κ2) is 4.17. The smallest absolute Gasteiger partial charge is 0.0283 e. The summed E-state index contributed by atoms with van der Waals surface area (Å²) in [4.78, 5) is 1.35. The minimum Gasteiger partial charge on any atom is -0.130 e. The van der Waals surface area contributed by atoms with Crippen LogP contribution in [-0.2, 0) is 5.33 Å². The van der Waals surface area contributed by atoms with E-state index in [4.69, 9.17) is 0 Å². The van der Waals surface area contributed by atoms with E-state index in [0.29, 0.717) is 0 Å². The summed E-state index contributed by atoms with van der Waals surface area (Å²) in [7, 11) is 0. The molecule has 1 rings (SSSR count). The topological polar surface area (TPSA) is 0 Å². The normalized spacial score (nSPS) is 10.1. The van der Waals surface area contributed by atoms with Crippen LogP contribution in [0.15, 0.2) is 23.1 Å². The Morgan fingerprint density at radius 3 is 2.64 bits per heavy atom. The number of alkyl halides is 1. The van der Waals surface area contributed by atoms with Crippen LogP contribution in [0.4, 0.5) is 0 Å². The van der Waals surface area contributed by atoms with Crippen molar-refractivity contribution in [2.45, 2.75) is 17.1 Å². The van der Waals surface area contributed by atoms with Crippen molar-refractivity contribution in [3.63, 3.8) is 0 Å². The van der Waals surface area contributed by atoms with Crippen molar-refractivity contribution in [3.05, 3.63) is 29.3 Å². The minimum atomic E-state index is 0.947. The van der Waals surface area contributed by atoms with Crippen LogP contribution in [0, 0.1) is 6.92 Å².